The molecule has 0 unspecified atom stereocenters. The van der Waals surface area contributed by atoms with E-state index in [0.717, 1.165) is 0 Å². The minimum absolute atomic E-state index is 0.0791. The van der Waals surface area contributed by atoms with Crippen LogP contribution in [0.2, 0.25) is 0 Å². The SMILES string of the molecule is COc1ccc(OCc2nc(C)c(CC(=O)O)c(=O)[nH]2)cc1. The van der Waals surface area contributed by atoms with E-state index in [9.17, 15) is 9.59 Å². The third kappa shape index (κ3) is 3.85. The highest BCUT2D eigenvalue weighted by atomic mass is 16.5. The highest BCUT2D eigenvalue weighted by Gasteiger charge is 2.12. The maximum absolute atomic E-state index is 11.9. The average molecular weight is 304 g/mol. The molecule has 0 bridgehead atoms. The second-order valence-corrected chi connectivity index (χ2v) is 4.61. The number of nitrogens with one attached hydrogen (secondary N) is 1. The van der Waals surface area contributed by atoms with Crippen molar-refractivity contribution >= 4 is 5.97 Å². The number of ether oxygens (including phenoxy) is 2. The highest BCUT2D eigenvalue weighted by molar-refractivity contribution is 5.70. The van der Waals surface area contributed by atoms with Crippen LogP contribution in [0, 0.1) is 6.92 Å². The van der Waals surface area contributed by atoms with Crippen LogP contribution in [-0.2, 0) is 17.8 Å². The Morgan fingerprint density at radius 2 is 1.91 bits per heavy atom. The Kier molecular flexibility index (Phi) is 4.77. The number of carboxylic acid groups (broad SMARTS) is 1. The molecule has 0 aliphatic rings. The zero-order valence-electron chi connectivity index (χ0n) is 12.3. The number of rotatable bonds is 6. The number of aliphatic carboxylic acids is 1. The van der Waals surface area contributed by atoms with Crippen LogP contribution >= 0.6 is 0 Å². The number of aromatic amines is 1. The number of nitrogens with zero attached hydrogens (tertiary/aromatic N) is 1. The molecule has 0 saturated carbocycles. The van der Waals surface area contributed by atoms with Gasteiger partial charge < -0.3 is 19.6 Å². The molecule has 7 heteroatoms. The van der Waals surface area contributed by atoms with E-state index in [2.05, 4.69) is 9.97 Å². The number of methoxy groups -OCH3 is 1. The normalized spacial score (nSPS) is 10.3. The number of hydrogen-bond donors (Lipinski definition) is 2. The Balaban J connectivity index is 2.09. The van der Waals surface area contributed by atoms with Gasteiger partial charge >= 0.3 is 5.97 Å². The monoisotopic (exact) mass is 304 g/mol. The van der Waals surface area contributed by atoms with Gasteiger partial charge in [-0.15, -0.1) is 0 Å². The van der Waals surface area contributed by atoms with Gasteiger partial charge in [0, 0.05) is 11.3 Å². The van der Waals surface area contributed by atoms with E-state index in [4.69, 9.17) is 14.6 Å². The van der Waals surface area contributed by atoms with Crippen molar-refractivity contribution in [2.75, 3.05) is 7.11 Å². The van der Waals surface area contributed by atoms with Crippen molar-refractivity contribution in [1.82, 2.24) is 9.97 Å². The Bertz CT molecular complexity index is 722. The molecule has 0 fully saturated rings. The molecule has 1 aromatic heterocycles. The second kappa shape index (κ2) is 6.75. The predicted octanol–water partition coefficient (Wildman–Crippen LogP) is 1.29. The molecule has 0 radical (unpaired) electrons. The van der Waals surface area contributed by atoms with Crippen LogP contribution in [0.25, 0.3) is 0 Å². The van der Waals surface area contributed by atoms with Crippen LogP contribution in [0.1, 0.15) is 17.1 Å². The molecule has 0 saturated heterocycles. The molecule has 0 aliphatic heterocycles. The quantitative estimate of drug-likeness (QED) is 0.834. The van der Waals surface area contributed by atoms with E-state index in [1.807, 2.05) is 0 Å². The predicted molar refractivity (Wildman–Crippen MR) is 78.3 cm³/mol. The van der Waals surface area contributed by atoms with Gasteiger partial charge in [-0.2, -0.15) is 0 Å². The van der Waals surface area contributed by atoms with Crippen molar-refractivity contribution in [2.45, 2.75) is 20.0 Å². The number of aryl methyl sites for hydroxylation is 1. The lowest BCUT2D eigenvalue weighted by atomic mass is 10.2. The number of aromatic nitrogens is 2. The average Bonchev–Trinajstić information content (AvgIpc) is 2.49. The lowest BCUT2D eigenvalue weighted by Crippen LogP contribution is -2.22. The Labute approximate surface area is 126 Å². The fraction of sp³-hybridized carbons (Fsp3) is 0.267. The summed E-state index contributed by atoms with van der Waals surface area (Å²) in [5.74, 6) is 0.591. The van der Waals surface area contributed by atoms with E-state index >= 15 is 0 Å². The van der Waals surface area contributed by atoms with Crippen molar-refractivity contribution in [3.63, 3.8) is 0 Å². The molecule has 7 nitrogen and oxygen atoms in total. The van der Waals surface area contributed by atoms with Gasteiger partial charge in [0.1, 0.15) is 23.9 Å². The van der Waals surface area contributed by atoms with Crippen LogP contribution < -0.4 is 15.0 Å². The zero-order valence-corrected chi connectivity index (χ0v) is 12.3. The van der Waals surface area contributed by atoms with Gasteiger partial charge in [0.05, 0.1) is 13.5 Å². The summed E-state index contributed by atoms with van der Waals surface area (Å²) in [5, 5.41) is 8.76. The Morgan fingerprint density at radius 1 is 1.27 bits per heavy atom. The second-order valence-electron chi connectivity index (χ2n) is 4.61. The number of carboxylic acids is 1. The minimum atomic E-state index is -1.07. The van der Waals surface area contributed by atoms with Gasteiger partial charge in [0.25, 0.3) is 5.56 Å². The maximum atomic E-state index is 11.9. The van der Waals surface area contributed by atoms with Gasteiger partial charge in [0.15, 0.2) is 0 Å². The standard InChI is InChI=1S/C15H16N2O5/c1-9-12(7-14(18)19)15(20)17-13(16-9)8-22-11-5-3-10(21-2)4-6-11/h3-6H,7-8H2,1-2H3,(H,18,19)(H,16,17,20). The Morgan fingerprint density at radius 3 is 2.45 bits per heavy atom. The summed E-state index contributed by atoms with van der Waals surface area (Å²) < 4.78 is 10.6. The summed E-state index contributed by atoms with van der Waals surface area (Å²) >= 11 is 0. The van der Waals surface area contributed by atoms with Crippen LogP contribution in [-0.4, -0.2) is 28.2 Å². The first-order chi connectivity index (χ1) is 10.5. The van der Waals surface area contributed by atoms with E-state index in [0.29, 0.717) is 23.0 Å². The first-order valence-corrected chi connectivity index (χ1v) is 6.57. The smallest absolute Gasteiger partial charge is 0.308 e. The summed E-state index contributed by atoms with van der Waals surface area (Å²) in [6.45, 7) is 1.68. The number of hydrogen-bond acceptors (Lipinski definition) is 5. The minimum Gasteiger partial charge on any atom is -0.497 e. The lowest BCUT2D eigenvalue weighted by molar-refractivity contribution is -0.136. The number of H-pyrrole nitrogens is 1. The summed E-state index contributed by atoms with van der Waals surface area (Å²) in [6, 6.07) is 6.99. The fourth-order valence-electron chi connectivity index (χ4n) is 1.92. The lowest BCUT2D eigenvalue weighted by Gasteiger charge is -2.08. The Hall–Kier alpha value is -2.83. The van der Waals surface area contributed by atoms with E-state index in [-0.39, 0.29) is 18.6 Å². The largest absolute Gasteiger partial charge is 0.497 e. The molecule has 116 valence electrons. The first kappa shape index (κ1) is 15.6. The van der Waals surface area contributed by atoms with E-state index in [1.54, 1.807) is 38.3 Å². The maximum Gasteiger partial charge on any atom is 0.308 e. The van der Waals surface area contributed by atoms with Gasteiger partial charge in [0.2, 0.25) is 0 Å². The highest BCUT2D eigenvalue weighted by Crippen LogP contribution is 2.17. The van der Waals surface area contributed by atoms with Crippen molar-refractivity contribution in [3.05, 3.63) is 51.7 Å². The van der Waals surface area contributed by atoms with Crippen LogP contribution in [0.3, 0.4) is 0 Å². The zero-order chi connectivity index (χ0) is 16.1. The van der Waals surface area contributed by atoms with Crippen LogP contribution in [0.5, 0.6) is 11.5 Å². The van der Waals surface area contributed by atoms with E-state index < -0.39 is 11.5 Å². The number of carbonyl (C=O) groups is 1. The third-order valence-electron chi connectivity index (χ3n) is 3.03. The molecule has 0 atom stereocenters. The molecule has 1 aromatic carbocycles. The van der Waals surface area contributed by atoms with Crippen molar-refractivity contribution in [3.8, 4) is 11.5 Å². The summed E-state index contributed by atoms with van der Waals surface area (Å²) in [7, 11) is 1.58. The molecular formula is C15H16N2O5. The van der Waals surface area contributed by atoms with Gasteiger partial charge in [-0.1, -0.05) is 0 Å². The van der Waals surface area contributed by atoms with Crippen LogP contribution in [0.4, 0.5) is 0 Å². The molecule has 1 heterocycles. The molecule has 22 heavy (non-hydrogen) atoms. The van der Waals surface area contributed by atoms with Crippen molar-refractivity contribution in [1.29, 1.82) is 0 Å². The molecule has 2 rings (SSSR count). The van der Waals surface area contributed by atoms with Gasteiger partial charge in [-0.05, 0) is 31.2 Å². The summed E-state index contributed by atoms with van der Waals surface area (Å²) in [5.41, 5.74) is 0.0865. The van der Waals surface area contributed by atoms with Crippen LogP contribution in [0.15, 0.2) is 29.1 Å². The molecule has 0 amide bonds. The van der Waals surface area contributed by atoms with Crippen molar-refractivity contribution < 1.29 is 19.4 Å². The summed E-state index contributed by atoms with van der Waals surface area (Å²) in [4.78, 5) is 29.3. The topological polar surface area (TPSA) is 102 Å². The number of benzene rings is 1. The van der Waals surface area contributed by atoms with Gasteiger partial charge in [-0.3, -0.25) is 9.59 Å². The molecule has 2 N–H and O–H groups in total. The first-order valence-electron chi connectivity index (χ1n) is 6.57. The van der Waals surface area contributed by atoms with Crippen molar-refractivity contribution in [2.24, 2.45) is 0 Å². The molecule has 2 aromatic rings. The molecular weight excluding hydrogens is 288 g/mol. The third-order valence-corrected chi connectivity index (χ3v) is 3.03. The molecule has 0 spiro atoms. The van der Waals surface area contributed by atoms with E-state index in [1.165, 1.54) is 0 Å². The fourth-order valence-corrected chi connectivity index (χ4v) is 1.92. The summed E-state index contributed by atoms with van der Waals surface area (Å²) in [6.07, 6.45) is -0.353. The molecule has 0 aliphatic carbocycles. The van der Waals surface area contributed by atoms with Gasteiger partial charge in [-0.25, -0.2) is 4.98 Å².